The number of rotatable bonds is 7. The van der Waals surface area contributed by atoms with Crippen molar-refractivity contribution in [3.05, 3.63) is 219 Å². The summed E-state index contributed by atoms with van der Waals surface area (Å²) in [7, 11) is 0. The van der Waals surface area contributed by atoms with E-state index in [1.165, 1.54) is 55.5 Å². The Morgan fingerprint density at radius 1 is 0.587 bits per heavy atom. The molecule has 0 saturated heterocycles. The third-order valence-electron chi connectivity index (χ3n) is 13.6. The van der Waals surface area contributed by atoms with Crippen molar-refractivity contribution in [2.45, 2.75) is 58.8 Å². The Morgan fingerprint density at radius 3 is 2.05 bits per heavy atom. The van der Waals surface area contributed by atoms with E-state index in [9.17, 15) is 0 Å². The topological polar surface area (TPSA) is 36.4 Å². The molecule has 312 valence electrons. The molecule has 0 unspecified atom stereocenters. The predicted octanol–water partition coefficient (Wildman–Crippen LogP) is 13.6. The molecule has 6 heteroatoms. The van der Waals surface area contributed by atoms with Crippen LogP contribution in [0.2, 0.25) is 0 Å². The third-order valence-corrected chi connectivity index (χ3v) is 14.7. The first kappa shape index (κ1) is 39.3. The number of ether oxygens (including phenoxy) is 1. The molecule has 4 aromatic heterocycles. The molecule has 0 fully saturated rings. The molecule has 6 heterocycles. The van der Waals surface area contributed by atoms with E-state index in [1.807, 2.05) is 0 Å². The zero-order valence-corrected chi connectivity index (χ0v) is 38.3. The molecule has 0 spiro atoms. The van der Waals surface area contributed by atoms with Crippen molar-refractivity contribution in [2.75, 3.05) is 0 Å². The Labute approximate surface area is 379 Å². The van der Waals surface area contributed by atoms with Gasteiger partial charge in [-0.05, 0) is 16.7 Å². The average Bonchev–Trinajstić information content (AvgIpc) is 3.84. The second-order valence-electron chi connectivity index (χ2n) is 17.5. The fourth-order valence-electron chi connectivity index (χ4n) is 9.90. The Hall–Kier alpha value is -6.55. The maximum atomic E-state index is 6.80. The summed E-state index contributed by atoms with van der Waals surface area (Å²) in [6.07, 6.45) is 8.39. The fourth-order valence-corrected chi connectivity index (χ4v) is 10.9. The Kier molecular flexibility index (Phi) is 9.77. The van der Waals surface area contributed by atoms with Crippen LogP contribution in [0.25, 0.3) is 50.0 Å². The van der Waals surface area contributed by atoms with Crippen molar-refractivity contribution in [2.24, 2.45) is 0 Å². The maximum absolute atomic E-state index is 6.80. The van der Waals surface area contributed by atoms with E-state index < -0.39 is 0 Å². The molecule has 6 aromatic carbocycles. The van der Waals surface area contributed by atoms with Gasteiger partial charge in [-0.15, -0.1) is 0 Å². The van der Waals surface area contributed by atoms with Gasteiger partial charge in [0.25, 0.3) is 0 Å². The normalized spacial score (nSPS) is 12.9. The second kappa shape index (κ2) is 15.7. The summed E-state index contributed by atoms with van der Waals surface area (Å²) < 4.78 is 15.0. The number of aryl methyl sites for hydroxylation is 4. The van der Waals surface area contributed by atoms with Gasteiger partial charge in [-0.2, -0.15) is 0 Å². The summed E-state index contributed by atoms with van der Waals surface area (Å²) >= 11 is 2.51. The molecule has 0 radical (unpaired) electrons. The van der Waals surface area contributed by atoms with Crippen LogP contribution in [0.4, 0.5) is 0 Å². The number of aromatic nitrogens is 4. The van der Waals surface area contributed by atoms with Gasteiger partial charge in [0.1, 0.15) is 0 Å². The van der Waals surface area contributed by atoms with E-state index in [0.717, 1.165) is 80.0 Å². The Balaban J connectivity index is 0.987. The molecule has 0 atom stereocenters. The van der Waals surface area contributed by atoms with Gasteiger partial charge < -0.3 is 0 Å². The zero-order chi connectivity index (χ0) is 42.8. The molecule has 5 nitrogen and oxygen atoms in total. The van der Waals surface area contributed by atoms with Gasteiger partial charge in [0, 0.05) is 17.2 Å². The molecule has 63 heavy (non-hydrogen) atoms. The van der Waals surface area contributed by atoms with Crippen LogP contribution in [0.1, 0.15) is 58.5 Å². The predicted molar refractivity (Wildman–Crippen MR) is 253 cm³/mol. The van der Waals surface area contributed by atoms with E-state index in [2.05, 4.69) is 231 Å². The van der Waals surface area contributed by atoms with Crippen LogP contribution in [0.3, 0.4) is 0 Å². The standard InChI is InChI=1S/C57H48N4O.Pt/c1-38-39(2)41-23-22-40(38)24-25-43-27-29-45(28-26-41)60-37-59(36-55(43)60)46-18-13-19-47(32-46)62-48-30-31-50-49-20-11-12-21-53(49)61(54(50)33-48)56-34-52(57(3,4)44-16-9-6-10-17-44)51(35-58-56)42-14-7-5-8-15-42;/h5-23,27,29-36H,24-26,28H2,1-4H3;. The summed E-state index contributed by atoms with van der Waals surface area (Å²) in [5, 5.41) is 2.33. The summed E-state index contributed by atoms with van der Waals surface area (Å²) in [4.78, 5) is 5.23. The van der Waals surface area contributed by atoms with Gasteiger partial charge in [0.15, 0.2) is 0 Å². The first-order valence-corrected chi connectivity index (χ1v) is 23.1. The number of pyridine rings is 2. The quantitative estimate of drug-likeness (QED) is 0.160. The van der Waals surface area contributed by atoms with E-state index in [4.69, 9.17) is 9.72 Å². The average molecular weight is 1000 g/mol. The van der Waals surface area contributed by atoms with Crippen molar-refractivity contribution >= 4 is 27.3 Å². The number of fused-ring (bicyclic) bond motifs is 3. The summed E-state index contributed by atoms with van der Waals surface area (Å²) in [5.74, 6) is 2.42. The molecule has 4 aliphatic rings. The molecule has 4 bridgehead atoms. The Morgan fingerprint density at radius 2 is 1.25 bits per heavy atom. The number of imidazole rings is 1. The fraction of sp³-hybridized carbons (Fsp3) is 0.158. The van der Waals surface area contributed by atoms with Crippen molar-refractivity contribution in [1.82, 2.24) is 18.5 Å². The van der Waals surface area contributed by atoms with Gasteiger partial charge in [0.05, 0.1) is 0 Å². The summed E-state index contributed by atoms with van der Waals surface area (Å²) in [6.45, 7) is 9.22. The van der Waals surface area contributed by atoms with Crippen LogP contribution < -0.4 is 4.74 Å². The van der Waals surface area contributed by atoms with Crippen molar-refractivity contribution in [3.63, 3.8) is 0 Å². The van der Waals surface area contributed by atoms with E-state index in [-0.39, 0.29) is 5.41 Å². The van der Waals surface area contributed by atoms with Crippen LogP contribution in [0.15, 0.2) is 170 Å². The first-order valence-electron chi connectivity index (χ1n) is 21.9. The van der Waals surface area contributed by atoms with Crippen molar-refractivity contribution in [1.29, 1.82) is 0 Å². The Bertz CT molecular complexity index is 3450. The van der Waals surface area contributed by atoms with Crippen LogP contribution >= 0.6 is 0 Å². The van der Waals surface area contributed by atoms with Gasteiger partial charge in [-0.1, -0.05) is 86.6 Å². The van der Waals surface area contributed by atoms with Crippen LogP contribution in [-0.2, 0) is 50.5 Å². The second-order valence-corrected chi connectivity index (χ2v) is 18.5. The molecule has 0 saturated carbocycles. The van der Waals surface area contributed by atoms with Gasteiger partial charge >= 0.3 is 261 Å². The molecule has 0 amide bonds. The number of hydrogen-bond donors (Lipinski definition) is 0. The number of para-hydroxylation sites is 1. The number of benzene rings is 6. The minimum absolute atomic E-state index is 0.300. The van der Waals surface area contributed by atoms with Crippen LogP contribution in [0, 0.1) is 17.7 Å². The van der Waals surface area contributed by atoms with E-state index >= 15 is 0 Å². The molecule has 2 aliphatic heterocycles. The van der Waals surface area contributed by atoms with Gasteiger partial charge in [-0.25, -0.2) is 0 Å². The molecular weight excluding hydrogens is 952 g/mol. The van der Waals surface area contributed by atoms with Crippen molar-refractivity contribution < 1.29 is 24.1 Å². The van der Waals surface area contributed by atoms with Crippen LogP contribution in [-0.4, -0.2) is 18.5 Å². The van der Waals surface area contributed by atoms with Crippen molar-refractivity contribution in [3.8, 4) is 34.1 Å². The third kappa shape index (κ3) is 6.82. The van der Waals surface area contributed by atoms with Gasteiger partial charge in [0.2, 0.25) is 0 Å². The monoisotopic (exact) mass is 999 g/mol. The zero-order valence-electron chi connectivity index (χ0n) is 36.0. The SMILES string of the molecule is Cc1c2ccc(c1C)CCc1ccc(c3cn(-c4cccc(Oc5ccc6c7ccccc7n(-c7cc(C(C)(C)c8ccccc8)c(-c8ccccc8)cn7)c6c5)c4)[c](=[Pt])n13)CC2. The molecular formula is C57H48N4OPt. The molecule has 10 aromatic rings. The van der Waals surface area contributed by atoms with E-state index in [1.54, 1.807) is 0 Å². The summed E-state index contributed by atoms with van der Waals surface area (Å²) in [6, 6.07) is 56.7. The molecule has 0 N–H and O–H groups in total. The first-order chi connectivity index (χ1) is 30.7. The minimum atomic E-state index is -0.300. The van der Waals surface area contributed by atoms with Gasteiger partial charge in [-0.3, -0.25) is 0 Å². The molecule has 14 rings (SSSR count). The number of nitrogens with zero attached hydrogens (tertiary/aromatic N) is 4. The van der Waals surface area contributed by atoms with Crippen LogP contribution in [0.5, 0.6) is 11.5 Å². The number of hydrogen-bond acceptors (Lipinski definition) is 2. The molecule has 2 aliphatic carbocycles. The van der Waals surface area contributed by atoms with E-state index in [0.29, 0.717) is 0 Å². The summed E-state index contributed by atoms with van der Waals surface area (Å²) in [5.41, 5.74) is 17.4.